The molecule has 1 aliphatic heterocycles. The summed E-state index contributed by atoms with van der Waals surface area (Å²) in [5.41, 5.74) is 2.75. The zero-order valence-corrected chi connectivity index (χ0v) is 15.4. The van der Waals surface area contributed by atoms with Gasteiger partial charge in [-0.25, -0.2) is 9.59 Å². The van der Waals surface area contributed by atoms with Crippen molar-refractivity contribution in [2.75, 3.05) is 18.4 Å². The van der Waals surface area contributed by atoms with Gasteiger partial charge in [-0.1, -0.05) is 6.07 Å². The van der Waals surface area contributed by atoms with Crippen molar-refractivity contribution in [1.29, 1.82) is 0 Å². The van der Waals surface area contributed by atoms with Gasteiger partial charge in [0, 0.05) is 37.7 Å². The molecule has 26 heavy (non-hydrogen) atoms. The van der Waals surface area contributed by atoms with Crippen molar-refractivity contribution in [3.05, 3.63) is 57.6 Å². The molecule has 0 radical (unpaired) electrons. The number of benzene rings is 1. The second kappa shape index (κ2) is 7.64. The first kappa shape index (κ1) is 18.0. The highest BCUT2D eigenvalue weighted by Crippen LogP contribution is 2.20. The molecule has 138 valence electrons. The van der Waals surface area contributed by atoms with Crippen LogP contribution in [-0.4, -0.2) is 30.1 Å². The van der Waals surface area contributed by atoms with E-state index in [-0.39, 0.29) is 12.1 Å². The standard InChI is InChI=1S/C20H24N2O4/c1-13-4-5-16(10-14(13)2)21-20(24)22-8-6-17(7-9-22)26-18-11-15(3)25-19(23)12-18/h4-5,10-12,17H,6-9H2,1-3H3,(H,21,24). The molecule has 0 spiro atoms. The van der Waals surface area contributed by atoms with Crippen LogP contribution in [0.5, 0.6) is 5.75 Å². The zero-order chi connectivity index (χ0) is 18.7. The Morgan fingerprint density at radius 2 is 1.85 bits per heavy atom. The fourth-order valence-corrected chi connectivity index (χ4v) is 3.03. The molecule has 0 atom stereocenters. The summed E-state index contributed by atoms with van der Waals surface area (Å²) < 4.78 is 10.8. The summed E-state index contributed by atoms with van der Waals surface area (Å²) in [4.78, 5) is 25.6. The Kier molecular flexibility index (Phi) is 5.30. The van der Waals surface area contributed by atoms with Crippen molar-refractivity contribution in [3.63, 3.8) is 0 Å². The van der Waals surface area contributed by atoms with Gasteiger partial charge in [-0.05, 0) is 44.0 Å². The lowest BCUT2D eigenvalue weighted by molar-refractivity contribution is 0.115. The number of hydrogen-bond acceptors (Lipinski definition) is 4. The lowest BCUT2D eigenvalue weighted by Crippen LogP contribution is -2.43. The summed E-state index contributed by atoms with van der Waals surface area (Å²) >= 11 is 0. The highest BCUT2D eigenvalue weighted by atomic mass is 16.5. The quantitative estimate of drug-likeness (QED) is 0.911. The van der Waals surface area contributed by atoms with Gasteiger partial charge in [0.1, 0.15) is 17.6 Å². The number of urea groups is 1. The molecule has 0 saturated carbocycles. The number of anilines is 1. The third-order valence-electron chi connectivity index (χ3n) is 4.66. The third kappa shape index (κ3) is 4.45. The number of carbonyl (C=O) groups excluding carboxylic acids is 1. The highest BCUT2D eigenvalue weighted by molar-refractivity contribution is 5.89. The summed E-state index contributed by atoms with van der Waals surface area (Å²) in [6.07, 6.45) is 1.43. The van der Waals surface area contributed by atoms with Crippen molar-refractivity contribution >= 4 is 11.7 Å². The molecule has 6 nitrogen and oxygen atoms in total. The lowest BCUT2D eigenvalue weighted by atomic mass is 10.1. The minimum absolute atomic E-state index is 0.0122. The van der Waals surface area contributed by atoms with Crippen LogP contribution in [0.2, 0.25) is 0 Å². The number of hydrogen-bond donors (Lipinski definition) is 1. The van der Waals surface area contributed by atoms with Crippen LogP contribution in [0.3, 0.4) is 0 Å². The van der Waals surface area contributed by atoms with E-state index < -0.39 is 5.63 Å². The largest absolute Gasteiger partial charge is 0.490 e. The number of amides is 2. The Bertz CT molecular complexity index is 851. The monoisotopic (exact) mass is 356 g/mol. The molecule has 1 saturated heterocycles. The maximum atomic E-state index is 12.4. The number of likely N-dealkylation sites (tertiary alicyclic amines) is 1. The van der Waals surface area contributed by atoms with Crippen LogP contribution >= 0.6 is 0 Å². The summed E-state index contributed by atoms with van der Waals surface area (Å²) in [6, 6.07) is 8.87. The van der Waals surface area contributed by atoms with Crippen LogP contribution in [0.15, 0.2) is 39.5 Å². The number of carbonyl (C=O) groups is 1. The number of piperidine rings is 1. The van der Waals surface area contributed by atoms with Gasteiger partial charge >= 0.3 is 11.7 Å². The predicted octanol–water partition coefficient (Wildman–Crippen LogP) is 3.64. The van der Waals surface area contributed by atoms with Gasteiger partial charge in [0.05, 0.1) is 6.07 Å². The topological polar surface area (TPSA) is 71.8 Å². The minimum atomic E-state index is -0.412. The van der Waals surface area contributed by atoms with Gasteiger partial charge in [0.2, 0.25) is 0 Å². The molecule has 0 aliphatic carbocycles. The number of nitrogens with zero attached hydrogens (tertiary/aromatic N) is 1. The molecule has 3 rings (SSSR count). The maximum Gasteiger partial charge on any atom is 0.339 e. The first-order chi connectivity index (χ1) is 12.4. The second-order valence-corrected chi connectivity index (χ2v) is 6.76. The average Bonchev–Trinajstić information content (AvgIpc) is 2.58. The number of nitrogens with one attached hydrogen (secondary N) is 1. The SMILES string of the molecule is Cc1cc(OC2CCN(C(=O)Nc3ccc(C)c(C)c3)CC2)cc(=O)o1. The van der Waals surface area contributed by atoms with Crippen LogP contribution in [0.1, 0.15) is 29.7 Å². The molecule has 1 aliphatic rings. The second-order valence-electron chi connectivity index (χ2n) is 6.76. The maximum absolute atomic E-state index is 12.4. The van der Waals surface area contributed by atoms with Gasteiger partial charge in [-0.15, -0.1) is 0 Å². The Morgan fingerprint density at radius 1 is 1.12 bits per heavy atom. The Labute approximate surface area is 152 Å². The molecule has 2 aromatic rings. The van der Waals surface area contributed by atoms with E-state index >= 15 is 0 Å². The first-order valence-corrected chi connectivity index (χ1v) is 8.82. The molecule has 2 heterocycles. The van der Waals surface area contributed by atoms with Crippen molar-refractivity contribution < 1.29 is 13.9 Å². The van der Waals surface area contributed by atoms with Crippen molar-refractivity contribution in [2.45, 2.75) is 39.7 Å². The Balaban J connectivity index is 1.53. The Morgan fingerprint density at radius 3 is 2.50 bits per heavy atom. The number of rotatable bonds is 3. The van der Waals surface area contributed by atoms with E-state index in [0.717, 1.165) is 24.1 Å². The van der Waals surface area contributed by atoms with Crippen molar-refractivity contribution in [3.8, 4) is 5.75 Å². The Hall–Kier alpha value is -2.76. The fraction of sp³-hybridized carbons (Fsp3) is 0.400. The molecular formula is C20H24N2O4. The van der Waals surface area contributed by atoms with E-state index in [0.29, 0.717) is 24.6 Å². The molecule has 1 aromatic heterocycles. The van der Waals surface area contributed by atoms with E-state index in [2.05, 4.69) is 5.32 Å². The van der Waals surface area contributed by atoms with Gasteiger partial charge in [0.15, 0.2) is 0 Å². The van der Waals surface area contributed by atoms with Crippen LogP contribution < -0.4 is 15.7 Å². The summed E-state index contributed by atoms with van der Waals surface area (Å²) in [7, 11) is 0. The molecule has 1 N–H and O–H groups in total. The smallest absolute Gasteiger partial charge is 0.339 e. The number of ether oxygens (including phenoxy) is 1. The molecule has 0 bridgehead atoms. The molecule has 0 unspecified atom stereocenters. The fourth-order valence-electron chi connectivity index (χ4n) is 3.03. The van der Waals surface area contributed by atoms with Crippen molar-refractivity contribution in [2.24, 2.45) is 0 Å². The van der Waals surface area contributed by atoms with Gasteiger partial charge < -0.3 is 19.4 Å². The van der Waals surface area contributed by atoms with Gasteiger partial charge in [0.25, 0.3) is 0 Å². The third-order valence-corrected chi connectivity index (χ3v) is 4.66. The molecule has 1 aromatic carbocycles. The average molecular weight is 356 g/mol. The van der Waals surface area contributed by atoms with Crippen LogP contribution in [0.4, 0.5) is 10.5 Å². The molecular weight excluding hydrogens is 332 g/mol. The number of aryl methyl sites for hydroxylation is 3. The van der Waals surface area contributed by atoms with Crippen LogP contribution in [-0.2, 0) is 0 Å². The van der Waals surface area contributed by atoms with E-state index in [4.69, 9.17) is 9.15 Å². The summed E-state index contributed by atoms with van der Waals surface area (Å²) in [6.45, 7) is 7.01. The summed E-state index contributed by atoms with van der Waals surface area (Å²) in [5.74, 6) is 1.05. The van der Waals surface area contributed by atoms with E-state index in [1.165, 1.54) is 11.6 Å². The zero-order valence-electron chi connectivity index (χ0n) is 15.4. The van der Waals surface area contributed by atoms with Crippen LogP contribution in [0.25, 0.3) is 0 Å². The highest BCUT2D eigenvalue weighted by Gasteiger charge is 2.24. The normalized spacial score (nSPS) is 15.0. The minimum Gasteiger partial charge on any atom is -0.490 e. The van der Waals surface area contributed by atoms with Crippen molar-refractivity contribution in [1.82, 2.24) is 4.90 Å². The van der Waals surface area contributed by atoms with Gasteiger partial charge in [-0.3, -0.25) is 0 Å². The first-order valence-electron chi connectivity index (χ1n) is 8.82. The van der Waals surface area contributed by atoms with E-state index in [1.807, 2.05) is 32.0 Å². The summed E-state index contributed by atoms with van der Waals surface area (Å²) in [5, 5.41) is 2.95. The molecule has 2 amide bonds. The lowest BCUT2D eigenvalue weighted by Gasteiger charge is -2.32. The molecule has 6 heteroatoms. The predicted molar refractivity (Wildman–Crippen MR) is 99.9 cm³/mol. The van der Waals surface area contributed by atoms with Crippen LogP contribution in [0, 0.1) is 20.8 Å². The molecule has 1 fully saturated rings. The van der Waals surface area contributed by atoms with E-state index in [9.17, 15) is 9.59 Å². The van der Waals surface area contributed by atoms with E-state index in [1.54, 1.807) is 17.9 Å². The van der Waals surface area contributed by atoms with Gasteiger partial charge in [-0.2, -0.15) is 0 Å².